The Bertz CT molecular complexity index is 4260. The van der Waals surface area contributed by atoms with Crippen LogP contribution in [0.15, 0.2) is 266 Å². The molecule has 15 rings (SSSR count). The lowest BCUT2D eigenvalue weighted by atomic mass is 9.84. The minimum absolute atomic E-state index is 0.824. The summed E-state index contributed by atoms with van der Waals surface area (Å²) in [5.74, 6) is 3.41. The van der Waals surface area contributed by atoms with Crippen molar-refractivity contribution in [3.63, 3.8) is 0 Å². The molecule has 12 aromatic rings. The van der Waals surface area contributed by atoms with Crippen molar-refractivity contribution in [3.05, 3.63) is 266 Å². The summed E-state index contributed by atoms with van der Waals surface area (Å²) in [7, 11) is 0. The summed E-state index contributed by atoms with van der Waals surface area (Å²) in [6.45, 7) is 0. The van der Waals surface area contributed by atoms with Crippen molar-refractivity contribution >= 4 is 71.5 Å². The van der Waals surface area contributed by atoms with Gasteiger partial charge in [-0.05, 0) is 167 Å². The Labute approximate surface area is 429 Å². The van der Waals surface area contributed by atoms with Crippen molar-refractivity contribution in [2.75, 3.05) is 9.80 Å². The smallest absolute Gasteiger partial charge is 0.151 e. The molecule has 0 saturated carbocycles. The van der Waals surface area contributed by atoms with Gasteiger partial charge in [-0.15, -0.1) is 0 Å². The van der Waals surface area contributed by atoms with E-state index in [1.165, 1.54) is 76.8 Å². The first-order chi connectivity index (χ1) is 36.7. The lowest BCUT2D eigenvalue weighted by Gasteiger charge is -2.36. The van der Waals surface area contributed by atoms with Crippen molar-refractivity contribution < 1.29 is 9.47 Å². The molecule has 1 aliphatic carbocycles. The minimum atomic E-state index is 0.824. The molecular weight excluding hydrogens is 901 g/mol. The van der Waals surface area contributed by atoms with Gasteiger partial charge in [0.1, 0.15) is 5.76 Å². The fourth-order valence-electron chi connectivity index (χ4n) is 11.9. The van der Waals surface area contributed by atoms with Crippen molar-refractivity contribution in [1.82, 2.24) is 0 Å². The van der Waals surface area contributed by atoms with E-state index < -0.39 is 0 Å². The third kappa shape index (κ3) is 6.76. The summed E-state index contributed by atoms with van der Waals surface area (Å²) in [6.07, 6.45) is 6.19. The first-order valence-electron chi connectivity index (χ1n) is 25.5. The van der Waals surface area contributed by atoms with Gasteiger partial charge in [0, 0.05) is 11.4 Å². The van der Waals surface area contributed by atoms with Gasteiger partial charge in [0.25, 0.3) is 0 Å². The van der Waals surface area contributed by atoms with Gasteiger partial charge in [-0.3, -0.25) is 0 Å². The average Bonchev–Trinajstić information content (AvgIpc) is 3.47. The molecule has 0 atom stereocenters. The van der Waals surface area contributed by atoms with Crippen molar-refractivity contribution in [1.29, 1.82) is 0 Å². The van der Waals surface area contributed by atoms with Crippen LogP contribution >= 0.6 is 0 Å². The fourth-order valence-corrected chi connectivity index (χ4v) is 11.9. The standard InChI is InChI=1S/C70H46N2O2/c1-3-19-53-45(15-1)17-13-21-55(53)47-31-35-49(36-32-47)69-57-41-39-52(72-63-25-7-11-29-67(63)74-68-30-12-8-26-64(68)72)44-60(57)70(50-37-33-48(34-38-50)56-22-14-18-46-16-2-4-20-54(46)56)58-42-40-51(43-59(58)69)71-61-23-5-9-27-65(61)73-66-28-10-6-24-62(66)71/h1-7,9-25,27-44H,8,26H2. The van der Waals surface area contributed by atoms with Crippen LogP contribution in [-0.4, -0.2) is 0 Å². The van der Waals surface area contributed by atoms with E-state index in [0.29, 0.717) is 0 Å². The van der Waals surface area contributed by atoms with Crippen LogP contribution in [0.5, 0.6) is 17.2 Å². The Morgan fingerprint density at radius 3 is 1.30 bits per heavy atom. The highest BCUT2D eigenvalue weighted by molar-refractivity contribution is 6.23. The van der Waals surface area contributed by atoms with Gasteiger partial charge in [-0.2, -0.15) is 0 Å². The monoisotopic (exact) mass is 946 g/mol. The number of ether oxygens (including phenoxy) is 2. The normalized spacial score (nSPS) is 13.6. The Balaban J connectivity index is 1.01. The summed E-state index contributed by atoms with van der Waals surface area (Å²) in [5, 5.41) is 9.63. The maximum atomic E-state index is 6.59. The number of allylic oxidation sites excluding steroid dienone is 3. The molecule has 2 aliphatic heterocycles. The highest BCUT2D eigenvalue weighted by Crippen LogP contribution is 2.54. The second-order valence-corrected chi connectivity index (χ2v) is 19.4. The Kier molecular flexibility index (Phi) is 9.67. The zero-order valence-electron chi connectivity index (χ0n) is 40.4. The van der Waals surface area contributed by atoms with Crippen LogP contribution in [-0.2, 0) is 0 Å². The van der Waals surface area contributed by atoms with Crippen molar-refractivity contribution in [2.24, 2.45) is 0 Å². The summed E-state index contributed by atoms with van der Waals surface area (Å²) in [5.41, 5.74) is 15.8. The van der Waals surface area contributed by atoms with Crippen molar-refractivity contribution in [2.45, 2.75) is 12.8 Å². The van der Waals surface area contributed by atoms with Crippen LogP contribution < -0.4 is 19.3 Å². The molecule has 0 spiro atoms. The number of nitrogens with zero attached hydrogens (tertiary/aromatic N) is 2. The van der Waals surface area contributed by atoms with Crippen LogP contribution in [0, 0.1) is 0 Å². The molecule has 0 radical (unpaired) electrons. The van der Waals surface area contributed by atoms with Gasteiger partial charge >= 0.3 is 0 Å². The first kappa shape index (κ1) is 42.1. The van der Waals surface area contributed by atoms with Gasteiger partial charge in [-0.1, -0.05) is 188 Å². The number of benzene rings is 12. The molecule has 348 valence electrons. The van der Waals surface area contributed by atoms with Crippen LogP contribution in [0.1, 0.15) is 12.8 Å². The minimum Gasteiger partial charge on any atom is -0.453 e. The number of anilines is 5. The number of fused-ring (bicyclic) bond motifs is 7. The van der Waals surface area contributed by atoms with E-state index >= 15 is 0 Å². The predicted molar refractivity (Wildman–Crippen MR) is 308 cm³/mol. The quantitative estimate of drug-likeness (QED) is 0.155. The highest BCUT2D eigenvalue weighted by atomic mass is 16.5. The first-order valence-corrected chi connectivity index (χ1v) is 25.5. The number of rotatable bonds is 6. The average molecular weight is 947 g/mol. The molecule has 0 bridgehead atoms. The zero-order chi connectivity index (χ0) is 48.7. The predicted octanol–water partition coefficient (Wildman–Crippen LogP) is 19.6. The molecule has 2 heterocycles. The third-order valence-electron chi connectivity index (χ3n) is 15.3. The second kappa shape index (κ2) is 17.0. The lowest BCUT2D eigenvalue weighted by molar-refractivity contribution is 0.421. The Hall–Kier alpha value is -9.64. The Morgan fingerprint density at radius 2 is 0.757 bits per heavy atom. The van der Waals surface area contributed by atoms with E-state index in [2.05, 4.69) is 252 Å². The molecule has 12 aromatic carbocycles. The van der Waals surface area contributed by atoms with Crippen LogP contribution in [0.4, 0.5) is 28.4 Å². The van der Waals surface area contributed by atoms with Gasteiger partial charge in [-0.25, -0.2) is 0 Å². The molecule has 0 aromatic heterocycles. The lowest BCUT2D eigenvalue weighted by Crippen LogP contribution is -2.25. The van der Waals surface area contributed by atoms with Crippen LogP contribution in [0.3, 0.4) is 0 Å². The molecule has 4 nitrogen and oxygen atoms in total. The zero-order valence-corrected chi connectivity index (χ0v) is 40.4. The summed E-state index contributed by atoms with van der Waals surface area (Å²) in [4.78, 5) is 4.79. The molecule has 0 saturated heterocycles. The molecule has 74 heavy (non-hydrogen) atoms. The molecule has 0 N–H and O–H groups in total. The van der Waals surface area contributed by atoms with Crippen LogP contribution in [0.25, 0.3) is 87.6 Å². The van der Waals surface area contributed by atoms with Crippen LogP contribution in [0.2, 0.25) is 0 Å². The van der Waals surface area contributed by atoms with E-state index in [1.807, 2.05) is 12.1 Å². The topological polar surface area (TPSA) is 24.9 Å². The van der Waals surface area contributed by atoms with E-state index in [-0.39, 0.29) is 0 Å². The van der Waals surface area contributed by atoms with Gasteiger partial charge < -0.3 is 19.3 Å². The maximum absolute atomic E-state index is 6.59. The van der Waals surface area contributed by atoms with Gasteiger partial charge in [0.05, 0.1) is 22.8 Å². The van der Waals surface area contributed by atoms with Gasteiger partial charge in [0.15, 0.2) is 17.2 Å². The molecule has 3 aliphatic rings. The molecule has 4 heteroatoms. The summed E-state index contributed by atoms with van der Waals surface area (Å²) >= 11 is 0. The molecular formula is C70H46N2O2. The van der Waals surface area contributed by atoms with E-state index in [0.717, 1.165) is 80.8 Å². The maximum Gasteiger partial charge on any atom is 0.151 e. The van der Waals surface area contributed by atoms with Crippen molar-refractivity contribution in [3.8, 4) is 61.8 Å². The molecule has 0 amide bonds. The summed E-state index contributed by atoms with van der Waals surface area (Å²) in [6, 6.07) is 88.3. The number of hydrogen-bond donors (Lipinski definition) is 0. The molecule has 0 unspecified atom stereocenters. The highest BCUT2D eigenvalue weighted by Gasteiger charge is 2.30. The summed E-state index contributed by atoms with van der Waals surface area (Å²) < 4.78 is 13.1. The second-order valence-electron chi connectivity index (χ2n) is 19.4. The number of para-hydroxylation sites is 6. The largest absolute Gasteiger partial charge is 0.453 e. The third-order valence-corrected chi connectivity index (χ3v) is 15.3. The number of hydrogen-bond acceptors (Lipinski definition) is 4. The Morgan fingerprint density at radius 1 is 0.324 bits per heavy atom. The van der Waals surface area contributed by atoms with E-state index in [1.54, 1.807) is 0 Å². The SMILES string of the molecule is C1=CC2=C(CC1)N(c1ccc3c(-c4ccc(-c5cccc6ccccc56)cc4)c4cc(N5c6ccccc6Oc6ccccc65)ccc4c(-c4ccc(-c5cccc6ccccc56)cc4)c3c1)c1ccccc1O2. The fraction of sp³-hybridized carbons (Fsp3) is 0.0286. The van der Waals surface area contributed by atoms with Gasteiger partial charge in [0.2, 0.25) is 0 Å². The molecule has 0 fully saturated rings. The van der Waals surface area contributed by atoms with E-state index in [9.17, 15) is 0 Å². The van der Waals surface area contributed by atoms with E-state index in [4.69, 9.17) is 9.47 Å².